The summed E-state index contributed by atoms with van der Waals surface area (Å²) >= 11 is 3.44. The van der Waals surface area contributed by atoms with E-state index in [0.29, 0.717) is 40.5 Å². The van der Waals surface area contributed by atoms with Gasteiger partial charge in [0.05, 0.1) is 18.7 Å². The van der Waals surface area contributed by atoms with E-state index >= 15 is 0 Å². The van der Waals surface area contributed by atoms with Crippen LogP contribution in [0.3, 0.4) is 0 Å². The number of carbonyl (C=O) groups is 3. The fourth-order valence-electron chi connectivity index (χ4n) is 9.14. The van der Waals surface area contributed by atoms with Crippen molar-refractivity contribution in [2.45, 2.75) is 97.9 Å². The molecule has 2 aromatic carbocycles. The molecule has 1 aliphatic carbocycles. The zero-order chi connectivity index (χ0) is 40.5. The number of piperidine rings is 1. The number of Topliss-reactive ketones (excluding diaryl/α,β-unsaturated/α-hetero) is 1. The molecule has 5 aromatic rings. The van der Waals surface area contributed by atoms with Gasteiger partial charge in [-0.05, 0) is 120 Å². The molecule has 8 rings (SSSR count). The fraction of sp³-hybridized carbons (Fsp3) is 0.413. The number of nitrogens with zero attached hydrogens (tertiary/aromatic N) is 6. The van der Waals surface area contributed by atoms with E-state index in [-0.39, 0.29) is 47.9 Å². The van der Waals surface area contributed by atoms with E-state index in [9.17, 15) is 14.4 Å². The van der Waals surface area contributed by atoms with Gasteiger partial charge in [0, 0.05) is 42.2 Å². The van der Waals surface area contributed by atoms with Gasteiger partial charge in [-0.3, -0.25) is 19.1 Å². The van der Waals surface area contributed by atoms with Gasteiger partial charge in [0.25, 0.3) is 0 Å². The van der Waals surface area contributed by atoms with Crippen molar-refractivity contribution in [2.24, 2.45) is 17.8 Å². The number of aryl methyl sites for hydroxylation is 3. The zero-order valence-corrected chi connectivity index (χ0v) is 35.2. The number of allylic oxidation sites excluding steroid dienone is 2. The number of nitrogens with one attached hydrogen (secondary N) is 1. The normalized spacial score (nSPS) is 23.3. The van der Waals surface area contributed by atoms with Gasteiger partial charge in [0.2, 0.25) is 11.8 Å². The standard InChI is InChI=1S/C46H50BrN7O4/c1-27-17-18-38(47)50-45(27)51-46(57)44-37-26-58-25-32-15-12-14-31(19-32)13-10-8-6-5-7-9-11-16-33-20-34(35-22-48-30(4)49-23-35)21-36-41(29(3)55)52-53(43(33)36)24-39(56)54(44)42-28(2)40(37)42/h8,10,12,14-15,17-23,28,37,40,42,44H,5-7,9,11,13,16,24-26H2,1-4H3,(H,50,51,57)/b10-8+/t28-,37-,40?,42?,44+/m1/s1. The lowest BCUT2D eigenvalue weighted by Crippen LogP contribution is -2.51. The van der Waals surface area contributed by atoms with Gasteiger partial charge in [-0.15, -0.1) is 0 Å². The smallest absolute Gasteiger partial charge is 0.248 e. The Balaban J connectivity index is 1.19. The largest absolute Gasteiger partial charge is 0.376 e. The summed E-state index contributed by atoms with van der Waals surface area (Å²) in [6.45, 7) is 8.00. The van der Waals surface area contributed by atoms with E-state index in [2.05, 4.69) is 85.6 Å². The molecule has 2 amide bonds. The number of amides is 2. The van der Waals surface area contributed by atoms with Crippen LogP contribution in [0.4, 0.5) is 5.82 Å². The second kappa shape index (κ2) is 17.0. The second-order valence-electron chi connectivity index (χ2n) is 16.2. The van der Waals surface area contributed by atoms with Crippen LogP contribution >= 0.6 is 15.9 Å². The van der Waals surface area contributed by atoms with Crippen molar-refractivity contribution in [3.63, 3.8) is 0 Å². The molecule has 3 aliphatic rings. The fourth-order valence-corrected chi connectivity index (χ4v) is 9.45. The van der Waals surface area contributed by atoms with E-state index in [0.717, 1.165) is 78.3 Å². The van der Waals surface area contributed by atoms with Crippen molar-refractivity contribution < 1.29 is 19.1 Å². The molecule has 1 saturated carbocycles. The summed E-state index contributed by atoms with van der Waals surface area (Å²) in [6, 6.07) is 15.4. The third-order valence-corrected chi connectivity index (χ3v) is 12.5. The molecule has 11 nitrogen and oxygen atoms in total. The molecule has 12 heteroatoms. The Morgan fingerprint density at radius 2 is 1.74 bits per heavy atom. The summed E-state index contributed by atoms with van der Waals surface area (Å²) in [6.07, 6.45) is 14.9. The summed E-state index contributed by atoms with van der Waals surface area (Å²) in [4.78, 5) is 57.9. The number of pyridine rings is 1. The van der Waals surface area contributed by atoms with Gasteiger partial charge in [-0.25, -0.2) is 15.0 Å². The maximum absolute atomic E-state index is 14.9. The second-order valence-corrected chi connectivity index (χ2v) is 17.0. The number of carbonyl (C=O) groups excluding carboxylic acids is 3. The number of fused-ring (bicyclic) bond motifs is 7. The Kier molecular flexibility index (Phi) is 11.7. The lowest BCUT2D eigenvalue weighted by atomic mass is 9.94. The quantitative estimate of drug-likeness (QED) is 0.108. The van der Waals surface area contributed by atoms with Crippen LogP contribution in [0.1, 0.15) is 84.5 Å². The number of hydrogen-bond donors (Lipinski definition) is 1. The maximum atomic E-state index is 14.9. The van der Waals surface area contributed by atoms with Crippen molar-refractivity contribution in [1.82, 2.24) is 29.6 Å². The molecule has 1 saturated heterocycles. The number of benzene rings is 2. The minimum atomic E-state index is -0.793. The summed E-state index contributed by atoms with van der Waals surface area (Å²) in [7, 11) is 0. The molecule has 300 valence electrons. The van der Waals surface area contributed by atoms with Gasteiger partial charge in [-0.2, -0.15) is 5.10 Å². The Hall–Kier alpha value is -5.07. The molecule has 3 aromatic heterocycles. The third kappa shape index (κ3) is 8.27. The molecule has 2 fully saturated rings. The Labute approximate surface area is 347 Å². The summed E-state index contributed by atoms with van der Waals surface area (Å²) in [5.74, 6) is 0.463. The first-order chi connectivity index (χ1) is 28.1. The predicted octanol–water partition coefficient (Wildman–Crippen LogP) is 8.39. The SMILES string of the molecule is CC(=O)c1nn2c3c(cc(-c4cnc(C)nc4)cc13)CCCCCC/C=C/Cc1cccc(c1)COC[C@@H]1C3C([C@@H]3C)N(C(=O)C2)[C@@H]1C(=O)Nc1nc(Br)ccc1C. The molecule has 0 radical (unpaired) electrons. The number of hydrogen-bond acceptors (Lipinski definition) is 8. The number of ether oxygens (including phenoxy) is 1. The van der Waals surface area contributed by atoms with Crippen LogP contribution in [0.25, 0.3) is 22.0 Å². The minimum Gasteiger partial charge on any atom is -0.376 e. The number of aromatic nitrogens is 5. The van der Waals surface area contributed by atoms with Crippen LogP contribution in [-0.4, -0.2) is 65.9 Å². The van der Waals surface area contributed by atoms with Crippen LogP contribution in [0.2, 0.25) is 0 Å². The van der Waals surface area contributed by atoms with Crippen molar-refractivity contribution in [3.8, 4) is 11.1 Å². The third-order valence-electron chi connectivity index (χ3n) is 12.1. The predicted molar refractivity (Wildman–Crippen MR) is 227 cm³/mol. The molecule has 5 atom stereocenters. The first-order valence-corrected chi connectivity index (χ1v) is 21.3. The molecule has 5 heterocycles. The van der Waals surface area contributed by atoms with Crippen molar-refractivity contribution in [1.29, 1.82) is 0 Å². The maximum Gasteiger partial charge on any atom is 0.248 e. The molecule has 1 N–H and O–H groups in total. The zero-order valence-electron chi connectivity index (χ0n) is 33.6. The minimum absolute atomic E-state index is 0.0928. The monoisotopic (exact) mass is 843 g/mol. The van der Waals surface area contributed by atoms with Gasteiger partial charge in [-0.1, -0.05) is 62.2 Å². The highest BCUT2D eigenvalue weighted by atomic mass is 79.9. The van der Waals surface area contributed by atoms with Crippen molar-refractivity contribution in [2.75, 3.05) is 11.9 Å². The van der Waals surface area contributed by atoms with Crippen LogP contribution in [0.5, 0.6) is 0 Å². The first kappa shape index (κ1) is 39.7. The summed E-state index contributed by atoms with van der Waals surface area (Å²) < 4.78 is 8.74. The molecule has 58 heavy (non-hydrogen) atoms. The average molecular weight is 845 g/mol. The summed E-state index contributed by atoms with van der Waals surface area (Å²) in [5.41, 5.74) is 6.96. The van der Waals surface area contributed by atoms with Crippen molar-refractivity contribution >= 4 is 50.2 Å². The Bertz CT molecular complexity index is 2390. The molecule has 0 spiro atoms. The average Bonchev–Trinajstić information content (AvgIpc) is 3.51. The Morgan fingerprint density at radius 1 is 0.948 bits per heavy atom. The topological polar surface area (TPSA) is 132 Å². The highest BCUT2D eigenvalue weighted by Gasteiger charge is 2.67. The lowest BCUT2D eigenvalue weighted by Gasteiger charge is -2.32. The summed E-state index contributed by atoms with van der Waals surface area (Å²) in [5, 5.41) is 8.62. The van der Waals surface area contributed by atoms with Crippen LogP contribution < -0.4 is 5.32 Å². The van der Waals surface area contributed by atoms with E-state index in [4.69, 9.17) is 9.84 Å². The van der Waals surface area contributed by atoms with E-state index in [1.54, 1.807) is 22.0 Å². The van der Waals surface area contributed by atoms with Crippen LogP contribution in [-0.2, 0) is 40.3 Å². The van der Waals surface area contributed by atoms with Gasteiger partial charge in [0.15, 0.2) is 5.78 Å². The van der Waals surface area contributed by atoms with Gasteiger partial charge >= 0.3 is 0 Å². The molecular weight excluding hydrogens is 794 g/mol. The highest BCUT2D eigenvalue weighted by molar-refractivity contribution is 9.10. The number of rotatable bonds is 4. The van der Waals surface area contributed by atoms with E-state index in [1.165, 1.54) is 12.5 Å². The van der Waals surface area contributed by atoms with E-state index < -0.39 is 6.04 Å². The van der Waals surface area contributed by atoms with Crippen LogP contribution in [0.15, 0.2) is 77.7 Å². The number of halogens is 1. The molecular formula is C46H50BrN7O4. The van der Waals surface area contributed by atoms with Gasteiger partial charge in [0.1, 0.15) is 34.5 Å². The number of anilines is 1. The first-order valence-electron chi connectivity index (χ1n) is 20.5. The molecule has 2 unspecified atom stereocenters. The van der Waals surface area contributed by atoms with Crippen molar-refractivity contribution in [3.05, 3.63) is 111 Å². The Morgan fingerprint density at radius 3 is 2.55 bits per heavy atom. The van der Waals surface area contributed by atoms with E-state index in [1.807, 2.05) is 32.0 Å². The van der Waals surface area contributed by atoms with Crippen LogP contribution in [0, 0.1) is 31.6 Å². The molecule has 2 aliphatic heterocycles. The number of ketones is 1. The lowest BCUT2D eigenvalue weighted by molar-refractivity contribution is -0.140. The van der Waals surface area contributed by atoms with Gasteiger partial charge < -0.3 is 15.0 Å². The molecule has 4 bridgehead atoms. The highest BCUT2D eigenvalue weighted by Crippen LogP contribution is 2.57.